The number of amides is 1. The van der Waals surface area contributed by atoms with Crippen LogP contribution in [-0.2, 0) is 9.59 Å². The largest absolute Gasteiger partial charge is 0.477 e. The first-order valence-electron chi connectivity index (χ1n) is 5.31. The summed E-state index contributed by atoms with van der Waals surface area (Å²) in [7, 11) is 0. The van der Waals surface area contributed by atoms with Crippen molar-refractivity contribution < 1.29 is 14.7 Å². The number of carbonyl (C=O) groups is 2. The molecule has 0 aromatic carbocycles. The highest BCUT2D eigenvalue weighted by Crippen LogP contribution is 2.26. The molecule has 0 spiro atoms. The summed E-state index contributed by atoms with van der Waals surface area (Å²) in [6.07, 6.45) is 4.64. The molecule has 1 heterocycles. The number of hydrogen-bond donors (Lipinski definition) is 1. The summed E-state index contributed by atoms with van der Waals surface area (Å²) >= 11 is 0. The molecule has 0 atom stereocenters. The topological polar surface area (TPSA) is 70.0 Å². The van der Waals surface area contributed by atoms with Crippen LogP contribution < -0.4 is 0 Å². The van der Waals surface area contributed by atoms with E-state index in [0.717, 1.165) is 25.7 Å². The fraction of sp³-hybridized carbons (Fsp3) is 0.700. The molecule has 1 saturated carbocycles. The zero-order valence-electron chi connectivity index (χ0n) is 8.48. The summed E-state index contributed by atoms with van der Waals surface area (Å²) in [6.45, 7) is 0. The van der Waals surface area contributed by atoms with Crippen molar-refractivity contribution in [2.24, 2.45) is 5.10 Å². The Morgan fingerprint density at radius 2 is 2.00 bits per heavy atom. The maximum atomic E-state index is 11.6. The number of hydrogen-bond acceptors (Lipinski definition) is 3. The number of aliphatic carboxylic acids is 1. The maximum absolute atomic E-state index is 11.6. The van der Waals surface area contributed by atoms with Crippen LogP contribution in [0.4, 0.5) is 0 Å². The molecule has 0 aromatic rings. The van der Waals surface area contributed by atoms with Gasteiger partial charge in [0.25, 0.3) is 0 Å². The molecule has 15 heavy (non-hydrogen) atoms. The molecule has 0 radical (unpaired) electrons. The lowest BCUT2D eigenvalue weighted by Crippen LogP contribution is -2.39. The van der Waals surface area contributed by atoms with Crippen LogP contribution in [0.1, 0.15) is 38.5 Å². The molecule has 1 aliphatic heterocycles. The maximum Gasteiger partial charge on any atom is 0.352 e. The van der Waals surface area contributed by atoms with Crippen molar-refractivity contribution in [2.75, 3.05) is 0 Å². The molecule has 5 heteroatoms. The fourth-order valence-electron chi connectivity index (χ4n) is 2.16. The first-order valence-corrected chi connectivity index (χ1v) is 5.31. The van der Waals surface area contributed by atoms with E-state index in [4.69, 9.17) is 5.11 Å². The first kappa shape index (κ1) is 10.1. The lowest BCUT2D eigenvalue weighted by atomic mass is 10.1. The molecular weight excluding hydrogens is 196 g/mol. The van der Waals surface area contributed by atoms with E-state index < -0.39 is 5.97 Å². The van der Waals surface area contributed by atoms with Crippen molar-refractivity contribution in [2.45, 2.75) is 44.6 Å². The molecule has 1 fully saturated rings. The Bertz CT molecular complexity index is 319. The number of carboxylic acids is 1. The molecule has 1 aliphatic carbocycles. The van der Waals surface area contributed by atoms with Crippen molar-refractivity contribution in [3.8, 4) is 0 Å². The van der Waals surface area contributed by atoms with Crippen LogP contribution in [0.25, 0.3) is 0 Å². The lowest BCUT2D eigenvalue weighted by Gasteiger charge is -2.27. The Labute approximate surface area is 87.8 Å². The first-order chi connectivity index (χ1) is 7.18. The van der Waals surface area contributed by atoms with Gasteiger partial charge in [-0.2, -0.15) is 5.10 Å². The van der Waals surface area contributed by atoms with Gasteiger partial charge in [0.2, 0.25) is 5.91 Å². The highest BCUT2D eigenvalue weighted by Gasteiger charge is 2.31. The fourth-order valence-corrected chi connectivity index (χ4v) is 2.16. The Morgan fingerprint density at radius 3 is 2.60 bits per heavy atom. The van der Waals surface area contributed by atoms with Crippen LogP contribution in [0, 0.1) is 0 Å². The van der Waals surface area contributed by atoms with Crippen molar-refractivity contribution in [3.05, 3.63) is 0 Å². The molecule has 0 saturated heterocycles. The predicted molar refractivity (Wildman–Crippen MR) is 53.4 cm³/mol. The highest BCUT2D eigenvalue weighted by atomic mass is 16.4. The van der Waals surface area contributed by atoms with Gasteiger partial charge < -0.3 is 5.11 Å². The van der Waals surface area contributed by atoms with E-state index in [1.165, 1.54) is 5.01 Å². The van der Waals surface area contributed by atoms with E-state index in [1.54, 1.807) is 0 Å². The molecule has 0 bridgehead atoms. The minimum Gasteiger partial charge on any atom is -0.477 e. The Morgan fingerprint density at radius 1 is 1.33 bits per heavy atom. The third-order valence-electron chi connectivity index (χ3n) is 2.98. The van der Waals surface area contributed by atoms with E-state index in [-0.39, 0.29) is 30.5 Å². The van der Waals surface area contributed by atoms with Crippen LogP contribution in [0.3, 0.4) is 0 Å². The number of rotatable bonds is 2. The van der Waals surface area contributed by atoms with Gasteiger partial charge in [-0.15, -0.1) is 0 Å². The van der Waals surface area contributed by atoms with Gasteiger partial charge in [0.15, 0.2) is 0 Å². The quantitative estimate of drug-likeness (QED) is 0.738. The average Bonchev–Trinajstić information content (AvgIpc) is 2.71. The van der Waals surface area contributed by atoms with E-state index in [2.05, 4.69) is 5.10 Å². The molecule has 2 aliphatic rings. The monoisotopic (exact) mass is 210 g/mol. The van der Waals surface area contributed by atoms with Gasteiger partial charge in [0, 0.05) is 12.8 Å². The van der Waals surface area contributed by atoms with Crippen LogP contribution in [-0.4, -0.2) is 33.7 Å². The number of carbonyl (C=O) groups excluding carboxylic acids is 1. The molecule has 5 nitrogen and oxygen atoms in total. The summed E-state index contributed by atoms with van der Waals surface area (Å²) < 4.78 is 0. The minimum absolute atomic E-state index is 0.0353. The van der Waals surface area contributed by atoms with Crippen LogP contribution >= 0.6 is 0 Å². The second kappa shape index (κ2) is 4.00. The Kier molecular flexibility index (Phi) is 2.70. The second-order valence-corrected chi connectivity index (χ2v) is 4.03. The smallest absolute Gasteiger partial charge is 0.352 e. The van der Waals surface area contributed by atoms with Gasteiger partial charge in [0.05, 0.1) is 6.04 Å². The highest BCUT2D eigenvalue weighted by molar-refractivity contribution is 6.36. The number of nitrogens with zero attached hydrogens (tertiary/aromatic N) is 2. The van der Waals surface area contributed by atoms with Crippen molar-refractivity contribution >= 4 is 17.6 Å². The van der Waals surface area contributed by atoms with Crippen molar-refractivity contribution in [1.29, 1.82) is 0 Å². The van der Waals surface area contributed by atoms with Crippen LogP contribution in [0.5, 0.6) is 0 Å². The normalized spacial score (nSPS) is 23.1. The van der Waals surface area contributed by atoms with Crippen molar-refractivity contribution in [3.63, 3.8) is 0 Å². The van der Waals surface area contributed by atoms with Gasteiger partial charge in [-0.25, -0.2) is 9.80 Å². The van der Waals surface area contributed by atoms with E-state index in [9.17, 15) is 9.59 Å². The summed E-state index contributed by atoms with van der Waals surface area (Å²) in [5.41, 5.74) is 0.113. The molecule has 0 aromatic heterocycles. The van der Waals surface area contributed by atoms with Gasteiger partial charge in [-0.05, 0) is 12.8 Å². The van der Waals surface area contributed by atoms with Gasteiger partial charge >= 0.3 is 5.97 Å². The lowest BCUT2D eigenvalue weighted by molar-refractivity contribution is -0.134. The summed E-state index contributed by atoms with van der Waals surface area (Å²) in [5.74, 6) is -1.04. The third-order valence-corrected chi connectivity index (χ3v) is 2.98. The zero-order chi connectivity index (χ0) is 10.8. The van der Waals surface area contributed by atoms with Gasteiger partial charge in [0.1, 0.15) is 5.71 Å². The zero-order valence-corrected chi connectivity index (χ0v) is 8.48. The summed E-state index contributed by atoms with van der Waals surface area (Å²) in [4.78, 5) is 22.3. The standard InChI is InChI=1S/C10H14N2O3/c13-9-6-5-8(10(14)15)11-12(9)7-3-1-2-4-7/h7H,1-6H2,(H,14,15). The van der Waals surface area contributed by atoms with E-state index in [0.29, 0.717) is 0 Å². The Hall–Kier alpha value is -1.39. The molecular formula is C10H14N2O3. The molecule has 0 unspecified atom stereocenters. The molecule has 1 N–H and O–H groups in total. The van der Waals surface area contributed by atoms with E-state index in [1.807, 2.05) is 0 Å². The SMILES string of the molecule is O=C(O)C1=NN(C2CCCC2)C(=O)CC1. The predicted octanol–water partition coefficient (Wildman–Crippen LogP) is 0.992. The number of carboxylic acid groups (broad SMARTS) is 1. The van der Waals surface area contributed by atoms with E-state index >= 15 is 0 Å². The molecule has 1 amide bonds. The average molecular weight is 210 g/mol. The van der Waals surface area contributed by atoms with Gasteiger partial charge in [-0.1, -0.05) is 12.8 Å². The minimum atomic E-state index is -1.01. The third kappa shape index (κ3) is 2.00. The summed E-state index contributed by atoms with van der Waals surface area (Å²) in [6, 6.07) is 0.132. The van der Waals surface area contributed by atoms with Crippen LogP contribution in [0.2, 0.25) is 0 Å². The molecule has 82 valence electrons. The summed E-state index contributed by atoms with van der Waals surface area (Å²) in [5, 5.41) is 14.2. The second-order valence-electron chi connectivity index (χ2n) is 4.03. The number of hydrazone groups is 1. The van der Waals surface area contributed by atoms with Crippen molar-refractivity contribution in [1.82, 2.24) is 5.01 Å². The molecule has 2 rings (SSSR count). The van der Waals surface area contributed by atoms with Gasteiger partial charge in [-0.3, -0.25) is 4.79 Å². The Balaban J connectivity index is 2.16. The van der Waals surface area contributed by atoms with Crippen LogP contribution in [0.15, 0.2) is 5.10 Å².